The maximum absolute atomic E-state index is 5.71. The van der Waals surface area contributed by atoms with Crippen LogP contribution in [0.3, 0.4) is 0 Å². The molecule has 1 heterocycles. The molecule has 2 nitrogen and oxygen atoms in total. The first-order valence-corrected chi connectivity index (χ1v) is 4.56. The molecule has 0 saturated carbocycles. The van der Waals surface area contributed by atoms with Crippen molar-refractivity contribution in [3.05, 3.63) is 48.5 Å². The molecule has 0 spiro atoms. The van der Waals surface area contributed by atoms with Crippen LogP contribution in [0.2, 0.25) is 0 Å². The van der Waals surface area contributed by atoms with Crippen LogP contribution in [0, 0.1) is 0 Å². The summed E-state index contributed by atoms with van der Waals surface area (Å²) in [5.74, 6) is 1.76. The molecule has 3 heteroatoms. The zero-order valence-electron chi connectivity index (χ0n) is 7.53. The predicted octanol–water partition coefficient (Wildman–Crippen LogP) is 2.89. The van der Waals surface area contributed by atoms with E-state index in [1.54, 1.807) is 0 Å². The Labute approximate surface area is 111 Å². The van der Waals surface area contributed by atoms with Crippen LogP contribution in [0.25, 0.3) is 0 Å². The van der Waals surface area contributed by atoms with Crippen molar-refractivity contribution in [1.29, 1.82) is 0 Å². The first-order chi connectivity index (χ1) is 6.93. The Morgan fingerprint density at radius 3 is 1.73 bits per heavy atom. The molecule has 0 unspecified atom stereocenters. The van der Waals surface area contributed by atoms with Gasteiger partial charge in [0, 0.05) is 0 Å². The van der Waals surface area contributed by atoms with Crippen molar-refractivity contribution in [2.75, 3.05) is 5.32 Å². The van der Waals surface area contributed by atoms with Gasteiger partial charge in [-0.05, 0) is 24.3 Å². The van der Waals surface area contributed by atoms with Gasteiger partial charge in [0.15, 0.2) is 11.5 Å². The van der Waals surface area contributed by atoms with Crippen LogP contribution in [-0.4, -0.2) is 29.6 Å². The van der Waals surface area contributed by atoms with Crippen molar-refractivity contribution >= 4 is 40.9 Å². The van der Waals surface area contributed by atoms with Crippen molar-refractivity contribution in [1.82, 2.24) is 0 Å². The van der Waals surface area contributed by atoms with Crippen LogP contribution in [0.15, 0.2) is 48.5 Å². The average Bonchev–Trinajstić information content (AvgIpc) is 2.26. The van der Waals surface area contributed by atoms with E-state index >= 15 is 0 Å². The second-order valence-corrected chi connectivity index (χ2v) is 3.22. The summed E-state index contributed by atoms with van der Waals surface area (Å²) >= 11 is 0. The summed E-state index contributed by atoms with van der Waals surface area (Å²) in [7, 11) is 0. The van der Waals surface area contributed by atoms with Gasteiger partial charge < -0.3 is 10.1 Å². The number of fused-ring (bicyclic) bond motifs is 2. The van der Waals surface area contributed by atoms with Crippen LogP contribution < -0.4 is 10.1 Å². The van der Waals surface area contributed by atoms with Gasteiger partial charge >= 0.3 is 29.6 Å². The van der Waals surface area contributed by atoms with E-state index in [1.165, 1.54) is 0 Å². The largest absolute Gasteiger partial charge is 0.453 e. The zero-order valence-corrected chi connectivity index (χ0v) is 7.53. The van der Waals surface area contributed by atoms with E-state index in [2.05, 4.69) is 5.32 Å². The Kier molecular flexibility index (Phi) is 3.00. The van der Waals surface area contributed by atoms with Gasteiger partial charge in [-0.2, -0.15) is 0 Å². The van der Waals surface area contributed by atoms with E-state index in [-0.39, 0.29) is 29.6 Å². The molecule has 2 aromatic rings. The van der Waals surface area contributed by atoms with Crippen LogP contribution >= 0.6 is 0 Å². The summed E-state index contributed by atoms with van der Waals surface area (Å²) < 4.78 is 5.71. The third-order valence-corrected chi connectivity index (χ3v) is 2.26. The summed E-state index contributed by atoms with van der Waals surface area (Å²) in [6.45, 7) is 0. The number of hydrogen-bond donors (Lipinski definition) is 1. The van der Waals surface area contributed by atoms with E-state index in [0.717, 1.165) is 22.9 Å². The fraction of sp³-hybridized carbons (Fsp3) is 0. The van der Waals surface area contributed by atoms with Crippen LogP contribution in [0.1, 0.15) is 0 Å². The number of ether oxygens (including phenoxy) is 1. The maximum atomic E-state index is 5.71. The van der Waals surface area contributed by atoms with E-state index < -0.39 is 0 Å². The van der Waals surface area contributed by atoms with Gasteiger partial charge in [-0.1, -0.05) is 24.3 Å². The Bertz CT molecular complexity index is 397. The normalized spacial score (nSPS) is 11.2. The topological polar surface area (TPSA) is 21.3 Å². The predicted molar refractivity (Wildman–Crippen MR) is 63.4 cm³/mol. The molecule has 1 aliphatic rings. The minimum Gasteiger partial charge on any atom is -0.453 e. The molecule has 0 aromatic heterocycles. The molecule has 15 heavy (non-hydrogen) atoms. The Balaban J connectivity index is 0.000000853. The second kappa shape index (κ2) is 4.27. The standard InChI is InChI=1S/C12H9NO.Na.H/c1-3-7-11-9(5-1)13-10-6-2-4-8-12(10)14-11;;/h1-8,13H;;. The van der Waals surface area contributed by atoms with E-state index in [9.17, 15) is 0 Å². The molecule has 0 atom stereocenters. The molecule has 1 aliphatic heterocycles. The average molecular weight is 207 g/mol. The Morgan fingerprint density at radius 1 is 0.733 bits per heavy atom. The molecule has 0 amide bonds. The third kappa shape index (κ3) is 1.88. The fourth-order valence-corrected chi connectivity index (χ4v) is 1.58. The van der Waals surface area contributed by atoms with Gasteiger partial charge in [0.2, 0.25) is 0 Å². The van der Waals surface area contributed by atoms with Crippen molar-refractivity contribution in [3.8, 4) is 11.5 Å². The Hall–Kier alpha value is -0.960. The molecule has 0 radical (unpaired) electrons. The van der Waals surface area contributed by atoms with Gasteiger partial charge in [0.05, 0.1) is 11.4 Å². The van der Waals surface area contributed by atoms with Crippen LogP contribution in [0.4, 0.5) is 11.4 Å². The SMILES string of the molecule is [NaH].c1ccc2c(c1)Nc1ccccc1O2. The van der Waals surface area contributed by atoms with Crippen molar-refractivity contribution < 1.29 is 4.74 Å². The number of nitrogens with one attached hydrogen (secondary N) is 1. The van der Waals surface area contributed by atoms with E-state index in [1.807, 2.05) is 48.5 Å². The molecule has 0 saturated heterocycles. The summed E-state index contributed by atoms with van der Waals surface area (Å²) in [6, 6.07) is 15.8. The summed E-state index contributed by atoms with van der Waals surface area (Å²) in [4.78, 5) is 0. The summed E-state index contributed by atoms with van der Waals surface area (Å²) in [6.07, 6.45) is 0. The van der Waals surface area contributed by atoms with Gasteiger partial charge in [0.1, 0.15) is 0 Å². The fourth-order valence-electron chi connectivity index (χ4n) is 1.58. The van der Waals surface area contributed by atoms with Gasteiger partial charge in [-0.25, -0.2) is 0 Å². The first-order valence-electron chi connectivity index (χ1n) is 4.56. The van der Waals surface area contributed by atoms with Crippen LogP contribution in [0.5, 0.6) is 11.5 Å². The minimum atomic E-state index is 0. The second-order valence-electron chi connectivity index (χ2n) is 3.22. The molecular weight excluding hydrogens is 197 g/mol. The molecule has 3 rings (SSSR count). The number of benzene rings is 2. The Morgan fingerprint density at radius 2 is 1.20 bits per heavy atom. The quantitative estimate of drug-likeness (QED) is 0.572. The summed E-state index contributed by atoms with van der Waals surface area (Å²) in [5.41, 5.74) is 2.04. The van der Waals surface area contributed by atoms with Crippen molar-refractivity contribution in [3.63, 3.8) is 0 Å². The monoisotopic (exact) mass is 207 g/mol. The van der Waals surface area contributed by atoms with Gasteiger partial charge in [-0.15, -0.1) is 0 Å². The van der Waals surface area contributed by atoms with Crippen molar-refractivity contribution in [2.24, 2.45) is 0 Å². The van der Waals surface area contributed by atoms with E-state index in [4.69, 9.17) is 4.74 Å². The number of anilines is 2. The maximum Gasteiger partial charge on any atom is 0.150 e. The van der Waals surface area contributed by atoms with Gasteiger partial charge in [0.25, 0.3) is 0 Å². The molecular formula is C12H10NNaO. The van der Waals surface area contributed by atoms with Crippen molar-refractivity contribution in [2.45, 2.75) is 0 Å². The molecule has 0 fully saturated rings. The zero-order chi connectivity index (χ0) is 9.38. The number of para-hydroxylation sites is 4. The smallest absolute Gasteiger partial charge is 0.150 e. The molecule has 2 aromatic carbocycles. The molecule has 70 valence electrons. The summed E-state index contributed by atoms with van der Waals surface area (Å²) in [5, 5.41) is 3.32. The minimum absolute atomic E-state index is 0. The molecule has 1 N–H and O–H groups in total. The first kappa shape index (κ1) is 10.6. The van der Waals surface area contributed by atoms with E-state index in [0.29, 0.717) is 0 Å². The number of rotatable bonds is 0. The van der Waals surface area contributed by atoms with Gasteiger partial charge in [-0.3, -0.25) is 0 Å². The third-order valence-electron chi connectivity index (χ3n) is 2.26. The molecule has 0 aliphatic carbocycles. The van der Waals surface area contributed by atoms with Crippen LogP contribution in [-0.2, 0) is 0 Å². The number of hydrogen-bond acceptors (Lipinski definition) is 2. The molecule has 0 bridgehead atoms.